The van der Waals surface area contributed by atoms with Crippen LogP contribution in [0.3, 0.4) is 0 Å². The van der Waals surface area contributed by atoms with Crippen molar-refractivity contribution in [3.8, 4) is 5.75 Å². The van der Waals surface area contributed by atoms with E-state index < -0.39 is 11.8 Å². The van der Waals surface area contributed by atoms with E-state index in [0.717, 1.165) is 23.6 Å². The molecule has 2 N–H and O–H groups in total. The number of pyridine rings is 1. The molecule has 110 valence electrons. The first-order chi connectivity index (χ1) is 10.1. The van der Waals surface area contributed by atoms with E-state index in [9.17, 15) is 9.18 Å². The minimum absolute atomic E-state index is 0.152. The molecule has 6 heteroatoms. The number of nitrogens with zero attached hydrogens (tertiary/aromatic N) is 1. The fraction of sp³-hybridized carbons (Fsp3) is 0.200. The van der Waals surface area contributed by atoms with Crippen LogP contribution in [0.15, 0.2) is 36.5 Å². The van der Waals surface area contributed by atoms with Crippen molar-refractivity contribution in [2.75, 3.05) is 19.0 Å². The zero-order valence-corrected chi connectivity index (χ0v) is 11.5. The quantitative estimate of drug-likeness (QED) is 0.855. The SMILES string of the molecule is COc1ccccc1CCNc1ncc(F)cc1C(=O)O. The van der Waals surface area contributed by atoms with Gasteiger partial charge in [0, 0.05) is 6.54 Å². The summed E-state index contributed by atoms with van der Waals surface area (Å²) in [6.45, 7) is 0.458. The van der Waals surface area contributed by atoms with E-state index in [4.69, 9.17) is 9.84 Å². The van der Waals surface area contributed by atoms with Crippen LogP contribution in [0.4, 0.5) is 10.2 Å². The van der Waals surface area contributed by atoms with Gasteiger partial charge in [0.1, 0.15) is 22.9 Å². The number of methoxy groups -OCH3 is 1. The van der Waals surface area contributed by atoms with Crippen molar-refractivity contribution in [3.63, 3.8) is 0 Å². The summed E-state index contributed by atoms with van der Waals surface area (Å²) >= 11 is 0. The molecule has 1 heterocycles. The molecule has 0 aliphatic rings. The minimum Gasteiger partial charge on any atom is -0.496 e. The van der Waals surface area contributed by atoms with E-state index in [1.807, 2.05) is 24.3 Å². The van der Waals surface area contributed by atoms with Crippen LogP contribution in [-0.2, 0) is 6.42 Å². The van der Waals surface area contributed by atoms with E-state index in [1.54, 1.807) is 7.11 Å². The Morgan fingerprint density at radius 3 is 2.90 bits per heavy atom. The maximum absolute atomic E-state index is 13.0. The zero-order chi connectivity index (χ0) is 15.2. The molecule has 0 fully saturated rings. The van der Waals surface area contributed by atoms with Crippen LogP contribution in [-0.4, -0.2) is 29.7 Å². The number of benzene rings is 1. The van der Waals surface area contributed by atoms with Crippen LogP contribution in [0, 0.1) is 5.82 Å². The fourth-order valence-corrected chi connectivity index (χ4v) is 1.97. The van der Waals surface area contributed by atoms with Gasteiger partial charge in [-0.15, -0.1) is 0 Å². The van der Waals surface area contributed by atoms with E-state index in [1.165, 1.54) is 0 Å². The molecular formula is C15H15FN2O3. The third kappa shape index (κ3) is 3.68. The Kier molecular flexibility index (Phi) is 4.71. The van der Waals surface area contributed by atoms with Gasteiger partial charge in [-0.1, -0.05) is 18.2 Å². The highest BCUT2D eigenvalue weighted by Crippen LogP contribution is 2.18. The molecule has 0 aliphatic carbocycles. The maximum Gasteiger partial charge on any atom is 0.339 e. The molecule has 0 bridgehead atoms. The summed E-state index contributed by atoms with van der Waals surface area (Å²) in [5.74, 6) is -0.979. The summed E-state index contributed by atoms with van der Waals surface area (Å²) in [5.41, 5.74) is 0.807. The standard InChI is InChI=1S/C15H15FN2O3/c1-21-13-5-3-2-4-10(13)6-7-17-14-12(15(19)20)8-11(16)9-18-14/h2-5,8-9H,6-7H2,1H3,(H,17,18)(H,19,20). The van der Waals surface area contributed by atoms with Gasteiger partial charge in [0.15, 0.2) is 0 Å². The molecular weight excluding hydrogens is 275 g/mol. The lowest BCUT2D eigenvalue weighted by atomic mass is 10.1. The molecule has 2 aromatic rings. The van der Waals surface area contributed by atoms with Crippen molar-refractivity contribution >= 4 is 11.8 Å². The topological polar surface area (TPSA) is 71.5 Å². The van der Waals surface area contributed by atoms with Crippen molar-refractivity contribution < 1.29 is 19.0 Å². The van der Waals surface area contributed by atoms with E-state index in [2.05, 4.69) is 10.3 Å². The lowest BCUT2D eigenvalue weighted by Crippen LogP contribution is -2.12. The van der Waals surface area contributed by atoms with Gasteiger partial charge in [-0.25, -0.2) is 14.2 Å². The summed E-state index contributed by atoms with van der Waals surface area (Å²) < 4.78 is 18.3. The van der Waals surface area contributed by atoms with Crippen molar-refractivity contribution in [1.82, 2.24) is 4.98 Å². The number of hydrogen-bond acceptors (Lipinski definition) is 4. The number of carboxylic acid groups (broad SMARTS) is 1. The molecule has 0 aliphatic heterocycles. The second-order valence-electron chi connectivity index (χ2n) is 4.34. The molecule has 21 heavy (non-hydrogen) atoms. The van der Waals surface area contributed by atoms with Crippen LogP contribution in [0.5, 0.6) is 5.75 Å². The number of hydrogen-bond donors (Lipinski definition) is 2. The van der Waals surface area contributed by atoms with E-state index in [0.29, 0.717) is 13.0 Å². The average molecular weight is 290 g/mol. The highest BCUT2D eigenvalue weighted by molar-refractivity contribution is 5.93. The van der Waals surface area contributed by atoms with Gasteiger partial charge >= 0.3 is 5.97 Å². The third-order valence-corrected chi connectivity index (χ3v) is 2.96. The van der Waals surface area contributed by atoms with Gasteiger partial charge in [-0.05, 0) is 24.1 Å². The Morgan fingerprint density at radius 2 is 2.19 bits per heavy atom. The largest absolute Gasteiger partial charge is 0.496 e. The van der Waals surface area contributed by atoms with Crippen molar-refractivity contribution in [2.45, 2.75) is 6.42 Å². The summed E-state index contributed by atoms with van der Waals surface area (Å²) in [5, 5.41) is 11.9. The van der Waals surface area contributed by atoms with Crippen molar-refractivity contribution in [3.05, 3.63) is 53.5 Å². The number of ether oxygens (including phenoxy) is 1. The molecule has 0 spiro atoms. The van der Waals surface area contributed by atoms with E-state index >= 15 is 0 Å². The molecule has 0 atom stereocenters. The number of para-hydroxylation sites is 1. The van der Waals surface area contributed by atoms with Crippen LogP contribution < -0.4 is 10.1 Å². The lowest BCUT2D eigenvalue weighted by Gasteiger charge is -2.10. The summed E-state index contributed by atoms with van der Waals surface area (Å²) in [6, 6.07) is 8.50. The van der Waals surface area contributed by atoms with Crippen molar-refractivity contribution in [1.29, 1.82) is 0 Å². The molecule has 0 saturated heterocycles. The lowest BCUT2D eigenvalue weighted by molar-refractivity contribution is 0.0697. The van der Waals surface area contributed by atoms with Crippen molar-refractivity contribution in [2.24, 2.45) is 0 Å². The Labute approximate surface area is 121 Å². The van der Waals surface area contributed by atoms with Gasteiger partial charge in [-0.3, -0.25) is 0 Å². The molecule has 1 aromatic carbocycles. The number of carbonyl (C=O) groups is 1. The third-order valence-electron chi connectivity index (χ3n) is 2.96. The smallest absolute Gasteiger partial charge is 0.339 e. The fourth-order valence-electron chi connectivity index (χ4n) is 1.97. The normalized spacial score (nSPS) is 10.2. The number of anilines is 1. The highest BCUT2D eigenvalue weighted by Gasteiger charge is 2.12. The van der Waals surface area contributed by atoms with Gasteiger partial charge in [0.2, 0.25) is 0 Å². The molecule has 0 saturated carbocycles. The molecule has 0 unspecified atom stereocenters. The Hall–Kier alpha value is -2.63. The molecule has 5 nitrogen and oxygen atoms in total. The van der Waals surface area contributed by atoms with E-state index in [-0.39, 0.29) is 11.4 Å². The number of halogens is 1. The second-order valence-corrected chi connectivity index (χ2v) is 4.34. The predicted octanol–water partition coefficient (Wildman–Crippen LogP) is 2.58. The first-order valence-corrected chi connectivity index (χ1v) is 6.36. The minimum atomic E-state index is -1.22. The molecule has 2 rings (SSSR count). The average Bonchev–Trinajstić information content (AvgIpc) is 2.49. The molecule has 0 amide bonds. The van der Waals surface area contributed by atoms with Crippen LogP contribution in [0.25, 0.3) is 0 Å². The number of carboxylic acids is 1. The number of rotatable bonds is 6. The number of aromatic nitrogens is 1. The monoisotopic (exact) mass is 290 g/mol. The number of aromatic carboxylic acids is 1. The molecule has 0 radical (unpaired) electrons. The summed E-state index contributed by atoms with van der Waals surface area (Å²) in [7, 11) is 1.59. The Morgan fingerprint density at radius 1 is 1.43 bits per heavy atom. The zero-order valence-electron chi connectivity index (χ0n) is 11.5. The summed E-state index contributed by atoms with van der Waals surface area (Å²) in [4.78, 5) is 14.8. The number of nitrogens with one attached hydrogen (secondary N) is 1. The highest BCUT2D eigenvalue weighted by atomic mass is 19.1. The van der Waals surface area contributed by atoms with Crippen LogP contribution in [0.1, 0.15) is 15.9 Å². The second kappa shape index (κ2) is 6.69. The van der Waals surface area contributed by atoms with Crippen LogP contribution >= 0.6 is 0 Å². The predicted molar refractivity (Wildman–Crippen MR) is 76.3 cm³/mol. The maximum atomic E-state index is 13.0. The summed E-state index contributed by atoms with van der Waals surface area (Å²) in [6.07, 6.45) is 1.61. The Balaban J connectivity index is 2.05. The van der Waals surface area contributed by atoms with Gasteiger partial charge in [-0.2, -0.15) is 0 Å². The van der Waals surface area contributed by atoms with Gasteiger partial charge in [0.05, 0.1) is 13.3 Å². The first-order valence-electron chi connectivity index (χ1n) is 6.36. The van der Waals surface area contributed by atoms with Gasteiger partial charge < -0.3 is 15.2 Å². The van der Waals surface area contributed by atoms with Crippen LogP contribution in [0.2, 0.25) is 0 Å². The first kappa shape index (κ1) is 14.8. The molecule has 1 aromatic heterocycles. The van der Waals surface area contributed by atoms with Gasteiger partial charge in [0.25, 0.3) is 0 Å². The Bertz CT molecular complexity index is 647.